The number of ether oxygens (including phenoxy) is 1. The Balaban J connectivity index is 0.00000187. The van der Waals surface area contributed by atoms with Crippen LogP contribution in [0.15, 0.2) is 48.5 Å². The molecule has 0 aliphatic rings. The number of rotatable bonds is 6. The Morgan fingerprint density at radius 3 is 2.36 bits per heavy atom. The lowest BCUT2D eigenvalue weighted by atomic mass is 9.96. The van der Waals surface area contributed by atoms with Crippen LogP contribution in [0, 0.1) is 29.6 Å². The van der Waals surface area contributed by atoms with Crippen molar-refractivity contribution >= 4 is 5.97 Å². The molecule has 0 saturated heterocycles. The maximum absolute atomic E-state index is 14.9. The Bertz CT molecular complexity index is 1200. The number of carbonyl (C=O) groups excluding carboxylic acids is 1. The summed E-state index contributed by atoms with van der Waals surface area (Å²) in [6.07, 6.45) is -1.10. The molecule has 2 aromatic carbocycles. The molecule has 0 radical (unpaired) electrons. The minimum Gasteiger partial charge on any atom is -0.461 e. The van der Waals surface area contributed by atoms with Crippen molar-refractivity contribution in [2.75, 3.05) is 6.61 Å². The summed E-state index contributed by atoms with van der Waals surface area (Å²) in [6, 6.07) is 17.9. The third-order valence-electron chi connectivity index (χ3n) is 5.30. The molecule has 5 nitrogen and oxygen atoms in total. The van der Waals surface area contributed by atoms with Gasteiger partial charge < -0.3 is 9.30 Å². The minimum atomic E-state index is -1.25. The van der Waals surface area contributed by atoms with E-state index < -0.39 is 12.1 Å². The second-order valence-electron chi connectivity index (χ2n) is 7.18. The van der Waals surface area contributed by atoms with E-state index in [4.69, 9.17) is 10.00 Å². The van der Waals surface area contributed by atoms with Crippen molar-refractivity contribution in [3.8, 4) is 23.3 Å². The van der Waals surface area contributed by atoms with Gasteiger partial charge in [0.05, 0.1) is 23.8 Å². The molecule has 1 unspecified atom stereocenters. The first-order valence-electron chi connectivity index (χ1n) is 10.9. The van der Waals surface area contributed by atoms with Crippen molar-refractivity contribution in [2.24, 2.45) is 7.05 Å². The van der Waals surface area contributed by atoms with Crippen LogP contribution in [-0.2, 0) is 18.2 Å². The highest BCUT2D eigenvalue weighted by atomic mass is 19.1. The first-order valence-corrected chi connectivity index (χ1v) is 10.9. The smallest absolute Gasteiger partial charge is 0.355 e. The number of nitrogens with zero attached hydrogens (tertiary/aromatic N) is 3. The molecule has 0 saturated carbocycles. The molecule has 0 spiro atoms. The predicted molar refractivity (Wildman–Crippen MR) is 126 cm³/mol. The van der Waals surface area contributed by atoms with Crippen LogP contribution < -0.4 is 0 Å². The van der Waals surface area contributed by atoms with Crippen molar-refractivity contribution in [3.05, 3.63) is 82.2 Å². The largest absolute Gasteiger partial charge is 0.461 e. The van der Waals surface area contributed by atoms with Gasteiger partial charge in [-0.15, -0.1) is 0 Å². The van der Waals surface area contributed by atoms with Gasteiger partial charge in [-0.05, 0) is 42.7 Å². The van der Waals surface area contributed by atoms with Gasteiger partial charge in [-0.25, -0.2) is 9.18 Å². The van der Waals surface area contributed by atoms with Crippen LogP contribution in [0.5, 0.6) is 0 Å². The summed E-state index contributed by atoms with van der Waals surface area (Å²) in [4.78, 5) is 12.5. The Hall–Kier alpha value is -3.90. The fourth-order valence-corrected chi connectivity index (χ4v) is 3.61. The van der Waals surface area contributed by atoms with Crippen molar-refractivity contribution in [2.45, 2.75) is 40.3 Å². The summed E-state index contributed by atoms with van der Waals surface area (Å²) in [7, 11) is 1.72. The molecule has 1 aromatic heterocycles. The van der Waals surface area contributed by atoms with Gasteiger partial charge in [0, 0.05) is 24.7 Å². The van der Waals surface area contributed by atoms with Crippen LogP contribution in [0.4, 0.5) is 4.39 Å². The van der Waals surface area contributed by atoms with E-state index in [1.54, 1.807) is 74.0 Å². The molecular formula is C27H28FN3O2. The highest BCUT2D eigenvalue weighted by molar-refractivity contribution is 5.98. The molecule has 0 fully saturated rings. The van der Waals surface area contributed by atoms with Crippen LogP contribution in [0.2, 0.25) is 0 Å². The summed E-state index contributed by atoms with van der Waals surface area (Å²) >= 11 is 0. The first-order chi connectivity index (χ1) is 15.9. The molecule has 3 rings (SSSR count). The van der Waals surface area contributed by atoms with Gasteiger partial charge in [-0.1, -0.05) is 50.2 Å². The second-order valence-corrected chi connectivity index (χ2v) is 7.18. The van der Waals surface area contributed by atoms with Crippen molar-refractivity contribution in [1.29, 1.82) is 10.5 Å². The zero-order chi connectivity index (χ0) is 24.5. The molecule has 0 N–H and O–H groups in total. The molecule has 0 amide bonds. The van der Waals surface area contributed by atoms with E-state index in [1.165, 1.54) is 0 Å². The van der Waals surface area contributed by atoms with E-state index in [0.29, 0.717) is 39.2 Å². The van der Waals surface area contributed by atoms with Gasteiger partial charge >= 0.3 is 5.97 Å². The quantitative estimate of drug-likeness (QED) is 0.423. The molecule has 1 heterocycles. The van der Waals surface area contributed by atoms with E-state index in [1.807, 2.05) is 13.8 Å². The molecule has 33 heavy (non-hydrogen) atoms. The summed E-state index contributed by atoms with van der Waals surface area (Å²) in [5.74, 6) is -0.505. The van der Waals surface area contributed by atoms with Crippen LogP contribution in [0.3, 0.4) is 0 Å². The lowest BCUT2D eigenvalue weighted by molar-refractivity contribution is 0.0516. The lowest BCUT2D eigenvalue weighted by Gasteiger charge is -2.11. The number of alkyl halides is 1. The highest BCUT2D eigenvalue weighted by Gasteiger charge is 2.26. The molecule has 3 aromatic rings. The van der Waals surface area contributed by atoms with E-state index in [0.717, 1.165) is 5.56 Å². The standard InChI is InChI=1S/C25H22FN3O2.C2H6/c1-4-31-25(30)24-23(21(15-28)16(2)29(24)3)20-10-8-19(9-11-20)22(26)13-17-6-5-7-18(12-17)14-27;1-2/h5-12,22H,4,13H2,1-3H3;1-2H3. The average Bonchev–Trinajstić information content (AvgIpc) is 3.10. The molecular weight excluding hydrogens is 417 g/mol. The molecule has 0 aliphatic carbocycles. The number of halogens is 1. The SMILES string of the molecule is CC.CCOC(=O)c1c(-c2ccc(C(F)Cc3cccc(C#N)c3)cc2)c(C#N)c(C)n1C. The predicted octanol–water partition coefficient (Wildman–Crippen LogP) is 6.20. The number of aromatic nitrogens is 1. The van der Waals surface area contributed by atoms with Crippen molar-refractivity contribution < 1.29 is 13.9 Å². The molecule has 170 valence electrons. The van der Waals surface area contributed by atoms with Gasteiger partial charge in [-0.2, -0.15) is 10.5 Å². The molecule has 1 atom stereocenters. The number of esters is 1. The number of hydrogen-bond donors (Lipinski definition) is 0. The summed E-state index contributed by atoms with van der Waals surface area (Å²) in [6.45, 7) is 7.72. The van der Waals surface area contributed by atoms with E-state index in [-0.39, 0.29) is 13.0 Å². The first kappa shape index (κ1) is 25.4. The minimum absolute atomic E-state index is 0.150. The third kappa shape index (κ3) is 5.48. The fourth-order valence-electron chi connectivity index (χ4n) is 3.61. The molecule has 0 aliphatic heterocycles. The number of hydrogen-bond acceptors (Lipinski definition) is 4. The topological polar surface area (TPSA) is 78.8 Å². The van der Waals surface area contributed by atoms with Gasteiger partial charge in [0.1, 0.15) is 17.9 Å². The van der Waals surface area contributed by atoms with Gasteiger partial charge in [0.25, 0.3) is 0 Å². The Morgan fingerprint density at radius 2 is 1.79 bits per heavy atom. The second kappa shape index (κ2) is 11.6. The maximum atomic E-state index is 14.9. The van der Waals surface area contributed by atoms with E-state index in [2.05, 4.69) is 12.1 Å². The molecule has 0 bridgehead atoms. The highest BCUT2D eigenvalue weighted by Crippen LogP contribution is 2.34. The maximum Gasteiger partial charge on any atom is 0.355 e. The zero-order valence-electron chi connectivity index (χ0n) is 19.6. The average molecular weight is 446 g/mol. The fraction of sp³-hybridized carbons (Fsp3) is 0.296. The van der Waals surface area contributed by atoms with Gasteiger partial charge in [0.2, 0.25) is 0 Å². The Kier molecular flexibility index (Phi) is 8.95. The normalized spacial score (nSPS) is 10.9. The summed E-state index contributed by atoms with van der Waals surface area (Å²) in [5, 5.41) is 18.7. The molecule has 6 heteroatoms. The van der Waals surface area contributed by atoms with Crippen LogP contribution in [0.25, 0.3) is 11.1 Å². The van der Waals surface area contributed by atoms with E-state index >= 15 is 0 Å². The Morgan fingerprint density at radius 1 is 1.12 bits per heavy atom. The van der Waals surface area contributed by atoms with E-state index in [9.17, 15) is 14.4 Å². The number of nitriles is 2. The lowest BCUT2D eigenvalue weighted by Crippen LogP contribution is -2.11. The van der Waals surface area contributed by atoms with Gasteiger partial charge in [-0.3, -0.25) is 0 Å². The van der Waals surface area contributed by atoms with Crippen LogP contribution in [0.1, 0.15) is 65.4 Å². The number of carbonyl (C=O) groups is 1. The summed E-state index contributed by atoms with van der Waals surface area (Å²) < 4.78 is 21.7. The third-order valence-corrected chi connectivity index (χ3v) is 5.30. The van der Waals surface area contributed by atoms with Gasteiger partial charge in [0.15, 0.2) is 0 Å². The monoisotopic (exact) mass is 445 g/mol. The van der Waals surface area contributed by atoms with Crippen molar-refractivity contribution in [1.82, 2.24) is 4.57 Å². The van der Waals surface area contributed by atoms with Crippen LogP contribution in [-0.4, -0.2) is 17.1 Å². The summed E-state index contributed by atoms with van der Waals surface area (Å²) in [5.41, 5.74) is 4.20. The zero-order valence-corrected chi connectivity index (χ0v) is 19.6. The van der Waals surface area contributed by atoms with Crippen LogP contribution >= 0.6 is 0 Å². The Labute approximate surface area is 194 Å². The number of benzene rings is 2. The van der Waals surface area contributed by atoms with Crippen molar-refractivity contribution in [3.63, 3.8) is 0 Å².